The van der Waals surface area contributed by atoms with Gasteiger partial charge in [-0.25, -0.2) is 13.8 Å². The van der Waals surface area contributed by atoms with Crippen molar-refractivity contribution in [3.8, 4) is 17.0 Å². The highest BCUT2D eigenvalue weighted by Gasteiger charge is 2.47. The third-order valence-electron chi connectivity index (χ3n) is 6.42. The van der Waals surface area contributed by atoms with Crippen LogP contribution in [0.4, 0.5) is 23.4 Å². The van der Waals surface area contributed by atoms with Gasteiger partial charge in [0.05, 0.1) is 12.2 Å². The highest BCUT2D eigenvalue weighted by Crippen LogP contribution is 2.53. The van der Waals surface area contributed by atoms with Gasteiger partial charge in [-0.15, -0.1) is 0 Å². The van der Waals surface area contributed by atoms with Gasteiger partial charge in [0, 0.05) is 35.5 Å². The van der Waals surface area contributed by atoms with E-state index in [2.05, 4.69) is 15.0 Å². The first-order chi connectivity index (χ1) is 14.7. The summed E-state index contributed by atoms with van der Waals surface area (Å²) in [5.74, 6) is 0.780. The van der Waals surface area contributed by atoms with Crippen molar-refractivity contribution in [1.82, 2.24) is 20.1 Å². The monoisotopic (exact) mass is 441 g/mol. The molecule has 0 aromatic carbocycles. The molecule has 6 nitrogen and oxygen atoms in total. The van der Waals surface area contributed by atoms with Crippen LogP contribution in [0.25, 0.3) is 11.3 Å². The minimum Gasteiger partial charge on any atom is -0.431 e. The fraction of sp³-hybridized carbons (Fsp3) is 0.619. The van der Waals surface area contributed by atoms with Gasteiger partial charge in [0.15, 0.2) is 11.6 Å². The maximum absolute atomic E-state index is 12.7. The van der Waals surface area contributed by atoms with E-state index in [0.717, 1.165) is 25.0 Å². The number of hydrogen-bond acceptors (Lipinski definition) is 5. The third-order valence-corrected chi connectivity index (χ3v) is 6.42. The second-order valence-electron chi connectivity index (χ2n) is 8.72. The number of pyridine rings is 1. The van der Waals surface area contributed by atoms with Crippen molar-refractivity contribution in [2.24, 2.45) is 11.8 Å². The van der Waals surface area contributed by atoms with Crippen molar-refractivity contribution >= 4 is 5.82 Å². The minimum absolute atomic E-state index is 0.106. The number of fused-ring (bicyclic) bond motifs is 2. The first-order valence-corrected chi connectivity index (χ1v) is 10.5. The highest BCUT2D eigenvalue weighted by molar-refractivity contribution is 5.64. The van der Waals surface area contributed by atoms with E-state index in [1.807, 2.05) is 24.6 Å². The van der Waals surface area contributed by atoms with Gasteiger partial charge in [-0.2, -0.15) is 13.9 Å². The number of ether oxygens (including phenoxy) is 1. The van der Waals surface area contributed by atoms with Gasteiger partial charge in [0.1, 0.15) is 0 Å². The molecule has 4 atom stereocenters. The minimum atomic E-state index is -3.00. The zero-order valence-corrected chi connectivity index (χ0v) is 17.4. The maximum atomic E-state index is 12.7. The number of aromatic nitrogens is 3. The van der Waals surface area contributed by atoms with Gasteiger partial charge in [0.25, 0.3) is 6.43 Å². The lowest BCUT2D eigenvalue weighted by Crippen LogP contribution is -2.38. The van der Waals surface area contributed by atoms with Crippen molar-refractivity contribution in [3.63, 3.8) is 0 Å². The Balaban J connectivity index is 1.57. The van der Waals surface area contributed by atoms with E-state index in [9.17, 15) is 17.6 Å². The molecule has 2 saturated carbocycles. The molecule has 3 N–H and O–H groups in total. The van der Waals surface area contributed by atoms with Crippen LogP contribution in [0.3, 0.4) is 0 Å². The van der Waals surface area contributed by atoms with Crippen LogP contribution in [-0.2, 0) is 0 Å². The molecule has 2 aliphatic carbocycles. The lowest BCUT2D eigenvalue weighted by molar-refractivity contribution is -0.0494. The van der Waals surface area contributed by atoms with Crippen molar-refractivity contribution < 1.29 is 22.3 Å². The van der Waals surface area contributed by atoms with E-state index in [-0.39, 0.29) is 36.1 Å². The standard InChI is InChI=1S/C21H27F4N5O/c1-10(2)30-17(14-4-12-3-11(14)5-15(12)27-9-19(22)23)7-16(29-30)13-6-18(31-21(24)25)20(26)28-8-13/h6-8,10-12,14-15,19,21,27H,3-5,9H2,1-2H3,(H2,26,28)/t11-,12?,14+,15-/m0/s1. The molecule has 2 fully saturated rings. The second-order valence-corrected chi connectivity index (χ2v) is 8.72. The van der Waals surface area contributed by atoms with Crippen LogP contribution < -0.4 is 15.8 Å². The topological polar surface area (TPSA) is 78.0 Å². The molecule has 2 aromatic rings. The molecular formula is C21H27F4N5O. The zero-order valence-electron chi connectivity index (χ0n) is 17.4. The summed E-state index contributed by atoms with van der Waals surface area (Å²) < 4.78 is 56.9. The SMILES string of the molecule is CC(C)n1nc(-c2cnc(N)c(OC(F)F)c2)cc1[C@@H]1CC2C[C@H]1C[C@@H]2NCC(F)F. The molecule has 0 radical (unpaired) electrons. The number of nitrogen functional groups attached to an aromatic ring is 1. The van der Waals surface area contributed by atoms with E-state index in [4.69, 9.17) is 10.8 Å². The molecule has 0 spiro atoms. The number of nitrogens with two attached hydrogens (primary N) is 1. The van der Waals surface area contributed by atoms with Gasteiger partial charge in [0.2, 0.25) is 0 Å². The molecule has 2 aliphatic rings. The molecule has 2 aromatic heterocycles. The summed E-state index contributed by atoms with van der Waals surface area (Å²) in [5.41, 5.74) is 7.89. The highest BCUT2D eigenvalue weighted by atomic mass is 19.3. The summed E-state index contributed by atoms with van der Waals surface area (Å²) >= 11 is 0. The van der Waals surface area contributed by atoms with E-state index in [0.29, 0.717) is 23.1 Å². The van der Waals surface area contributed by atoms with Gasteiger partial charge in [-0.1, -0.05) is 0 Å². The summed E-state index contributed by atoms with van der Waals surface area (Å²) in [6, 6.07) is 3.65. The van der Waals surface area contributed by atoms with Crippen molar-refractivity contribution in [3.05, 3.63) is 24.0 Å². The molecule has 2 bridgehead atoms. The lowest BCUT2D eigenvalue weighted by atomic mass is 9.83. The Bertz CT molecular complexity index is 919. The Hall–Kier alpha value is -2.36. The number of halogens is 4. The van der Waals surface area contributed by atoms with E-state index < -0.39 is 13.0 Å². The lowest BCUT2D eigenvalue weighted by Gasteiger charge is -2.29. The number of anilines is 1. The molecule has 4 rings (SSSR count). The Morgan fingerprint density at radius 1 is 1.16 bits per heavy atom. The first kappa shape index (κ1) is 21.9. The van der Waals surface area contributed by atoms with E-state index in [1.54, 1.807) is 0 Å². The van der Waals surface area contributed by atoms with Crippen LogP contribution >= 0.6 is 0 Å². The molecule has 0 saturated heterocycles. The van der Waals surface area contributed by atoms with Crippen molar-refractivity contribution in [1.29, 1.82) is 0 Å². The largest absolute Gasteiger partial charge is 0.431 e. The molecule has 2 heterocycles. The fourth-order valence-electron chi connectivity index (χ4n) is 5.15. The first-order valence-electron chi connectivity index (χ1n) is 10.5. The van der Waals surface area contributed by atoms with Gasteiger partial charge in [-0.3, -0.25) is 4.68 Å². The summed E-state index contributed by atoms with van der Waals surface area (Å²) in [5, 5.41) is 7.73. The molecule has 31 heavy (non-hydrogen) atoms. The Kier molecular flexibility index (Phi) is 6.09. The molecule has 0 aliphatic heterocycles. The molecule has 1 unspecified atom stereocenters. The second kappa shape index (κ2) is 8.64. The maximum Gasteiger partial charge on any atom is 0.387 e. The van der Waals surface area contributed by atoms with Gasteiger partial charge < -0.3 is 15.8 Å². The third kappa shape index (κ3) is 4.49. The van der Waals surface area contributed by atoms with Gasteiger partial charge in [-0.05, 0) is 57.1 Å². The molecule has 0 amide bonds. The summed E-state index contributed by atoms with van der Waals surface area (Å²) in [6.45, 7) is 0.809. The van der Waals surface area contributed by atoms with Crippen LogP contribution in [0.2, 0.25) is 0 Å². The predicted molar refractivity (Wildman–Crippen MR) is 108 cm³/mol. The summed E-state index contributed by atoms with van der Waals surface area (Å²) in [4.78, 5) is 3.97. The predicted octanol–water partition coefficient (Wildman–Crippen LogP) is 4.45. The van der Waals surface area contributed by atoms with Crippen LogP contribution in [0, 0.1) is 11.8 Å². The smallest absolute Gasteiger partial charge is 0.387 e. The average Bonchev–Trinajstić information content (AvgIpc) is 3.41. The number of hydrogen-bond donors (Lipinski definition) is 2. The van der Waals surface area contributed by atoms with Crippen molar-refractivity contribution in [2.75, 3.05) is 12.3 Å². The number of rotatable bonds is 8. The van der Waals surface area contributed by atoms with Crippen LogP contribution in [0.1, 0.15) is 50.8 Å². The van der Waals surface area contributed by atoms with Gasteiger partial charge >= 0.3 is 6.61 Å². The summed E-state index contributed by atoms with van der Waals surface area (Å²) in [6.07, 6.45) is 1.96. The summed E-state index contributed by atoms with van der Waals surface area (Å²) in [7, 11) is 0. The quantitative estimate of drug-likeness (QED) is 0.592. The molecular weight excluding hydrogens is 414 g/mol. The average molecular weight is 441 g/mol. The normalized spacial score (nSPS) is 25.3. The van der Waals surface area contributed by atoms with E-state index >= 15 is 0 Å². The Morgan fingerprint density at radius 3 is 2.55 bits per heavy atom. The number of nitrogens with one attached hydrogen (secondary N) is 1. The number of nitrogens with zero attached hydrogens (tertiary/aromatic N) is 3. The van der Waals surface area contributed by atoms with Crippen LogP contribution in [-0.4, -0.2) is 40.4 Å². The van der Waals surface area contributed by atoms with Crippen LogP contribution in [0.5, 0.6) is 5.75 Å². The van der Waals surface area contributed by atoms with E-state index in [1.165, 1.54) is 12.3 Å². The molecule has 170 valence electrons. The van der Waals surface area contributed by atoms with Crippen molar-refractivity contribution in [2.45, 2.75) is 64.1 Å². The Labute approximate surface area is 178 Å². The molecule has 10 heteroatoms. The number of alkyl halides is 4. The zero-order chi connectivity index (χ0) is 22.3. The Morgan fingerprint density at radius 2 is 1.94 bits per heavy atom. The fourth-order valence-corrected chi connectivity index (χ4v) is 5.15. The van der Waals surface area contributed by atoms with Crippen LogP contribution in [0.15, 0.2) is 18.3 Å².